The van der Waals surface area contributed by atoms with Crippen molar-refractivity contribution in [3.05, 3.63) is 0 Å². The number of hydrogen-bond acceptors (Lipinski definition) is 4. The topological polar surface area (TPSA) is 58.9 Å². The van der Waals surface area contributed by atoms with Gasteiger partial charge in [0.15, 0.2) is 0 Å². The van der Waals surface area contributed by atoms with Crippen LogP contribution in [0.25, 0.3) is 0 Å². The number of methoxy groups -OCH3 is 1. The van der Waals surface area contributed by atoms with E-state index in [2.05, 4.69) is 9.89 Å². The van der Waals surface area contributed by atoms with Gasteiger partial charge in [-0.1, -0.05) is 5.16 Å². The molecule has 3 rings (SSSR count). The highest BCUT2D eigenvalue weighted by Crippen LogP contribution is 2.52. The fourth-order valence-corrected chi connectivity index (χ4v) is 2.33. The van der Waals surface area contributed by atoms with Crippen molar-refractivity contribution in [2.75, 3.05) is 7.11 Å². The Hall–Kier alpha value is -1.06. The lowest BCUT2D eigenvalue weighted by Crippen LogP contribution is -2.37. The van der Waals surface area contributed by atoms with E-state index in [9.17, 15) is 4.79 Å². The molecule has 66 valence electrons. The summed E-state index contributed by atoms with van der Waals surface area (Å²) >= 11 is 0. The zero-order valence-corrected chi connectivity index (χ0v) is 6.86. The first-order valence-corrected chi connectivity index (χ1v) is 4.06. The number of rotatable bonds is 1. The summed E-state index contributed by atoms with van der Waals surface area (Å²) in [4.78, 5) is 11.2. The predicted molar refractivity (Wildman–Crippen MR) is 40.9 cm³/mol. The van der Waals surface area contributed by atoms with Crippen LogP contribution in [-0.2, 0) is 9.53 Å². The summed E-state index contributed by atoms with van der Waals surface area (Å²) < 4.78 is 4.65. The number of esters is 1. The Morgan fingerprint density at radius 3 is 3.00 bits per heavy atom. The molecule has 12 heavy (non-hydrogen) atoms. The second kappa shape index (κ2) is 2.47. The number of oxime groups is 1. The molecule has 2 bridgehead atoms. The summed E-state index contributed by atoms with van der Waals surface area (Å²) in [6.45, 7) is 0. The maximum atomic E-state index is 11.2. The van der Waals surface area contributed by atoms with E-state index in [-0.39, 0.29) is 17.8 Å². The fourth-order valence-electron chi connectivity index (χ4n) is 2.33. The van der Waals surface area contributed by atoms with Gasteiger partial charge in [0.05, 0.1) is 18.7 Å². The molecule has 0 spiro atoms. The number of hydrogen-bond donors (Lipinski definition) is 1. The van der Waals surface area contributed by atoms with Crippen LogP contribution >= 0.6 is 0 Å². The van der Waals surface area contributed by atoms with E-state index in [0.29, 0.717) is 5.92 Å². The SMILES string of the molecule is COC(=O)C1C2C/C(=N/O)C1C2. The second-order valence-corrected chi connectivity index (χ2v) is 3.45. The quantitative estimate of drug-likeness (QED) is 0.356. The van der Waals surface area contributed by atoms with Crippen LogP contribution in [0.1, 0.15) is 12.8 Å². The molecule has 0 aromatic carbocycles. The lowest BCUT2D eigenvalue weighted by molar-refractivity contribution is -0.152. The molecule has 3 saturated carbocycles. The summed E-state index contributed by atoms with van der Waals surface area (Å²) in [6, 6.07) is 0. The molecule has 3 unspecified atom stereocenters. The van der Waals surface area contributed by atoms with Gasteiger partial charge >= 0.3 is 5.97 Å². The molecule has 0 aliphatic heterocycles. The Morgan fingerprint density at radius 1 is 1.75 bits per heavy atom. The molecule has 0 aromatic rings. The molecule has 4 heteroatoms. The maximum absolute atomic E-state index is 11.2. The highest BCUT2D eigenvalue weighted by molar-refractivity contribution is 5.97. The van der Waals surface area contributed by atoms with Crippen molar-refractivity contribution in [3.63, 3.8) is 0 Å². The zero-order valence-electron chi connectivity index (χ0n) is 6.86. The first-order chi connectivity index (χ1) is 5.77. The third-order valence-corrected chi connectivity index (χ3v) is 3.00. The van der Waals surface area contributed by atoms with Crippen molar-refractivity contribution in [3.8, 4) is 0 Å². The molecule has 3 fully saturated rings. The van der Waals surface area contributed by atoms with E-state index in [1.54, 1.807) is 0 Å². The lowest BCUT2D eigenvalue weighted by Gasteiger charge is -2.31. The Balaban J connectivity index is 2.11. The first kappa shape index (κ1) is 7.58. The van der Waals surface area contributed by atoms with E-state index in [1.807, 2.05) is 0 Å². The van der Waals surface area contributed by atoms with Gasteiger partial charge in [0.2, 0.25) is 0 Å². The lowest BCUT2D eigenvalue weighted by atomic mass is 9.72. The summed E-state index contributed by atoms with van der Waals surface area (Å²) in [7, 11) is 1.40. The smallest absolute Gasteiger partial charge is 0.309 e. The van der Waals surface area contributed by atoms with Gasteiger partial charge in [-0.05, 0) is 18.8 Å². The Labute approximate surface area is 70.2 Å². The molecule has 3 aliphatic rings. The minimum Gasteiger partial charge on any atom is -0.469 e. The third kappa shape index (κ3) is 0.777. The van der Waals surface area contributed by atoms with Crippen LogP contribution in [0.4, 0.5) is 0 Å². The van der Waals surface area contributed by atoms with E-state index in [1.165, 1.54) is 7.11 Å². The van der Waals surface area contributed by atoms with Gasteiger partial charge < -0.3 is 9.94 Å². The van der Waals surface area contributed by atoms with Crippen LogP contribution in [0.15, 0.2) is 5.16 Å². The van der Waals surface area contributed by atoms with Crippen LogP contribution < -0.4 is 0 Å². The molecule has 3 aliphatic carbocycles. The van der Waals surface area contributed by atoms with Crippen LogP contribution in [-0.4, -0.2) is 24.0 Å². The van der Waals surface area contributed by atoms with E-state index >= 15 is 0 Å². The standard InChI is InChI=1S/C8H11NO3/c1-12-8(10)7-4-2-5(7)6(3-4)9-11/h4-5,7,11H,2-3H2,1H3/b9-6-. The van der Waals surface area contributed by atoms with Crippen LogP contribution in [0.5, 0.6) is 0 Å². The number of carbonyl (C=O) groups is 1. The molecule has 0 heterocycles. The van der Waals surface area contributed by atoms with Crippen molar-refractivity contribution in [1.29, 1.82) is 0 Å². The molecular formula is C8H11NO3. The molecule has 0 radical (unpaired) electrons. The fraction of sp³-hybridized carbons (Fsp3) is 0.750. The van der Waals surface area contributed by atoms with Crippen LogP contribution in [0, 0.1) is 17.8 Å². The summed E-state index contributed by atoms with van der Waals surface area (Å²) in [5.74, 6) is 0.344. The minimum absolute atomic E-state index is 0.0269. The van der Waals surface area contributed by atoms with Crippen molar-refractivity contribution < 1.29 is 14.7 Å². The minimum atomic E-state index is -0.157. The van der Waals surface area contributed by atoms with Gasteiger partial charge in [0, 0.05) is 5.92 Å². The van der Waals surface area contributed by atoms with Crippen molar-refractivity contribution in [2.24, 2.45) is 22.9 Å². The monoisotopic (exact) mass is 169 g/mol. The maximum Gasteiger partial charge on any atom is 0.309 e. The van der Waals surface area contributed by atoms with Gasteiger partial charge in [-0.15, -0.1) is 0 Å². The Morgan fingerprint density at radius 2 is 2.50 bits per heavy atom. The molecule has 0 amide bonds. The average Bonchev–Trinajstić information content (AvgIpc) is 2.59. The van der Waals surface area contributed by atoms with Gasteiger partial charge in [0.1, 0.15) is 0 Å². The highest BCUT2D eigenvalue weighted by Gasteiger charge is 2.55. The van der Waals surface area contributed by atoms with Gasteiger partial charge in [0.25, 0.3) is 0 Å². The van der Waals surface area contributed by atoms with Crippen molar-refractivity contribution in [2.45, 2.75) is 12.8 Å². The van der Waals surface area contributed by atoms with E-state index < -0.39 is 0 Å². The van der Waals surface area contributed by atoms with Crippen LogP contribution in [0.3, 0.4) is 0 Å². The normalized spacial score (nSPS) is 41.1. The predicted octanol–water partition coefficient (Wildman–Crippen LogP) is 0.646. The zero-order chi connectivity index (χ0) is 8.72. The molecule has 0 saturated heterocycles. The first-order valence-electron chi connectivity index (χ1n) is 4.06. The average molecular weight is 169 g/mol. The van der Waals surface area contributed by atoms with E-state index in [4.69, 9.17) is 5.21 Å². The second-order valence-electron chi connectivity index (χ2n) is 3.45. The number of nitrogens with zero attached hydrogens (tertiary/aromatic N) is 1. The molecule has 0 aromatic heterocycles. The number of carbonyl (C=O) groups excluding carboxylic acids is 1. The summed E-state index contributed by atoms with van der Waals surface area (Å²) in [6.07, 6.45) is 1.75. The largest absolute Gasteiger partial charge is 0.469 e. The third-order valence-electron chi connectivity index (χ3n) is 3.00. The Bertz CT molecular complexity index is 249. The number of ether oxygens (including phenoxy) is 1. The summed E-state index contributed by atoms with van der Waals surface area (Å²) in [5, 5.41) is 11.8. The number of fused-ring (bicyclic) bond motifs is 1. The van der Waals surface area contributed by atoms with Crippen molar-refractivity contribution >= 4 is 11.7 Å². The van der Waals surface area contributed by atoms with Gasteiger partial charge in [-0.25, -0.2) is 0 Å². The molecular weight excluding hydrogens is 158 g/mol. The van der Waals surface area contributed by atoms with E-state index in [0.717, 1.165) is 18.6 Å². The summed E-state index contributed by atoms with van der Waals surface area (Å²) in [5.41, 5.74) is 0.774. The van der Waals surface area contributed by atoms with Crippen LogP contribution in [0.2, 0.25) is 0 Å². The van der Waals surface area contributed by atoms with Crippen molar-refractivity contribution in [1.82, 2.24) is 0 Å². The molecule has 3 atom stereocenters. The molecule has 4 nitrogen and oxygen atoms in total. The van der Waals surface area contributed by atoms with Gasteiger partial charge in [-0.3, -0.25) is 4.79 Å². The Kier molecular flexibility index (Phi) is 1.56. The van der Waals surface area contributed by atoms with Gasteiger partial charge in [-0.2, -0.15) is 0 Å². The molecule has 1 N–H and O–H groups in total. The highest BCUT2D eigenvalue weighted by atomic mass is 16.5.